The molecule has 0 spiro atoms. The number of rotatable bonds is 4. The number of carbonyl (C=O) groups is 1. The average Bonchev–Trinajstić information content (AvgIpc) is 3.19. The summed E-state index contributed by atoms with van der Waals surface area (Å²) in [7, 11) is 0. The van der Waals surface area contributed by atoms with E-state index in [1.165, 1.54) is 47.2 Å². The number of alkyl halides is 2. The van der Waals surface area contributed by atoms with Gasteiger partial charge in [0.05, 0.1) is 11.6 Å². The van der Waals surface area contributed by atoms with Gasteiger partial charge in [-0.3, -0.25) is 4.79 Å². The number of fused-ring (bicyclic) bond motifs is 1. The van der Waals surface area contributed by atoms with Gasteiger partial charge in [0, 0.05) is 18.1 Å². The smallest absolute Gasteiger partial charge is 0.274 e. The number of nitrogens with one attached hydrogen (secondary N) is 1. The fourth-order valence-corrected chi connectivity index (χ4v) is 3.34. The van der Waals surface area contributed by atoms with Crippen LogP contribution in [-0.2, 0) is 12.1 Å². The highest BCUT2D eigenvalue weighted by Crippen LogP contribution is 2.38. The van der Waals surface area contributed by atoms with Gasteiger partial charge in [-0.15, -0.1) is 0 Å². The predicted molar refractivity (Wildman–Crippen MR) is 104 cm³/mol. The van der Waals surface area contributed by atoms with Crippen molar-refractivity contribution < 1.29 is 18.0 Å². The van der Waals surface area contributed by atoms with E-state index in [1.54, 1.807) is 6.20 Å². The summed E-state index contributed by atoms with van der Waals surface area (Å²) < 4.78 is 43.5. The van der Waals surface area contributed by atoms with Crippen LogP contribution in [0.25, 0.3) is 0 Å². The number of hydrogen-bond acceptors (Lipinski definition) is 5. The summed E-state index contributed by atoms with van der Waals surface area (Å²) in [5, 5.41) is 2.29. The number of nitrogens with zero attached hydrogens (tertiary/aromatic N) is 4. The van der Waals surface area contributed by atoms with Crippen molar-refractivity contribution >= 4 is 29.0 Å². The Bertz CT molecular complexity index is 1160. The van der Waals surface area contributed by atoms with Crippen LogP contribution in [0.2, 0.25) is 5.02 Å². The van der Waals surface area contributed by atoms with Gasteiger partial charge in [-0.2, -0.15) is 4.39 Å². The number of anilines is 1. The molecule has 1 aliphatic heterocycles. The number of nitrogens with two attached hydrogens (primary N) is 1. The number of imidazole rings is 1. The molecule has 1 unspecified atom stereocenters. The van der Waals surface area contributed by atoms with Crippen LogP contribution < -0.4 is 11.1 Å². The Balaban J connectivity index is 1.67. The minimum atomic E-state index is -2.88. The third-order valence-corrected chi connectivity index (χ3v) is 4.98. The SMILES string of the molecule is NC1=NC(c2cccc(NC(=O)c3ccc(Cl)c(F)n3)c2)(C(F)F)Cn2ccnc21. The average molecular weight is 435 g/mol. The molecular formula is C19H14ClF3N6O. The molecule has 3 heterocycles. The summed E-state index contributed by atoms with van der Waals surface area (Å²) in [6, 6.07) is 8.29. The van der Waals surface area contributed by atoms with Crippen LogP contribution in [0.5, 0.6) is 0 Å². The number of benzene rings is 1. The minimum absolute atomic E-state index is 0.109. The topological polar surface area (TPSA) is 98.2 Å². The molecule has 30 heavy (non-hydrogen) atoms. The first-order chi connectivity index (χ1) is 14.3. The molecule has 4 rings (SSSR count). The van der Waals surface area contributed by atoms with E-state index in [9.17, 15) is 18.0 Å². The molecule has 11 heteroatoms. The highest BCUT2D eigenvalue weighted by Gasteiger charge is 2.45. The van der Waals surface area contributed by atoms with Gasteiger partial charge in [-0.25, -0.2) is 23.7 Å². The third kappa shape index (κ3) is 3.39. The van der Waals surface area contributed by atoms with Crippen LogP contribution in [0.1, 0.15) is 21.9 Å². The lowest BCUT2D eigenvalue weighted by atomic mass is 9.89. The first-order valence-corrected chi connectivity index (χ1v) is 9.07. The van der Waals surface area contributed by atoms with E-state index in [0.29, 0.717) is 5.82 Å². The summed E-state index contributed by atoms with van der Waals surface area (Å²) in [6.07, 6.45) is 0.110. The van der Waals surface area contributed by atoms with E-state index < -0.39 is 23.8 Å². The monoisotopic (exact) mass is 434 g/mol. The van der Waals surface area contributed by atoms with Crippen molar-refractivity contribution in [2.24, 2.45) is 10.7 Å². The zero-order chi connectivity index (χ0) is 21.5. The van der Waals surface area contributed by atoms with E-state index in [-0.39, 0.29) is 34.3 Å². The quantitative estimate of drug-likeness (QED) is 0.616. The van der Waals surface area contributed by atoms with Crippen LogP contribution in [0, 0.1) is 5.95 Å². The summed E-state index contributed by atoms with van der Waals surface area (Å²) in [4.78, 5) is 23.9. The molecule has 7 nitrogen and oxygen atoms in total. The van der Waals surface area contributed by atoms with Crippen molar-refractivity contribution in [2.45, 2.75) is 18.5 Å². The Morgan fingerprint density at radius 2 is 2.10 bits per heavy atom. The zero-order valence-corrected chi connectivity index (χ0v) is 15.9. The van der Waals surface area contributed by atoms with Gasteiger partial charge in [-0.05, 0) is 29.8 Å². The summed E-state index contributed by atoms with van der Waals surface area (Å²) in [5.41, 5.74) is 4.06. The molecule has 0 aliphatic carbocycles. The molecule has 1 atom stereocenters. The van der Waals surface area contributed by atoms with E-state index >= 15 is 0 Å². The standard InChI is InChI=1S/C19H14ClF3N6O/c20-12-4-5-13(27-14(12)21)17(30)26-11-3-1-2-10(8-11)19(18(22)23)9-29-7-6-25-16(29)15(24)28-19/h1-8,18H,9H2,(H2,24,28)(H,26,30). The number of aromatic nitrogens is 3. The minimum Gasteiger partial charge on any atom is -0.381 e. The maximum atomic E-state index is 14.2. The highest BCUT2D eigenvalue weighted by molar-refractivity contribution is 6.30. The second-order valence-corrected chi connectivity index (χ2v) is 7.01. The van der Waals surface area contributed by atoms with Crippen LogP contribution >= 0.6 is 11.6 Å². The maximum Gasteiger partial charge on any atom is 0.274 e. The molecule has 0 saturated heterocycles. The molecule has 1 aromatic carbocycles. The lowest BCUT2D eigenvalue weighted by Gasteiger charge is -2.34. The fourth-order valence-electron chi connectivity index (χ4n) is 3.23. The number of aliphatic imine (C=N–C) groups is 1. The molecule has 0 radical (unpaired) electrons. The van der Waals surface area contributed by atoms with E-state index in [1.807, 2.05) is 0 Å². The Morgan fingerprint density at radius 1 is 1.30 bits per heavy atom. The van der Waals surface area contributed by atoms with Gasteiger partial charge in [0.2, 0.25) is 5.95 Å². The van der Waals surface area contributed by atoms with Crippen molar-refractivity contribution in [3.05, 3.63) is 76.8 Å². The number of pyridine rings is 1. The van der Waals surface area contributed by atoms with Gasteiger partial charge in [0.25, 0.3) is 12.3 Å². The summed E-state index contributed by atoms with van der Waals surface area (Å²) >= 11 is 5.57. The normalized spacial score (nSPS) is 18.1. The first-order valence-electron chi connectivity index (χ1n) is 8.69. The molecule has 0 fully saturated rings. The molecule has 1 aliphatic rings. The van der Waals surface area contributed by atoms with Crippen LogP contribution in [0.15, 0.2) is 53.8 Å². The first kappa shape index (κ1) is 19.9. The Morgan fingerprint density at radius 3 is 2.83 bits per heavy atom. The van der Waals surface area contributed by atoms with Crippen molar-refractivity contribution in [1.82, 2.24) is 14.5 Å². The fraction of sp³-hybridized carbons (Fsp3) is 0.158. The number of amidine groups is 1. The Hall–Kier alpha value is -3.40. The third-order valence-electron chi connectivity index (χ3n) is 4.69. The van der Waals surface area contributed by atoms with Gasteiger partial charge in [0.1, 0.15) is 5.69 Å². The van der Waals surface area contributed by atoms with E-state index in [2.05, 4.69) is 20.3 Å². The van der Waals surface area contributed by atoms with E-state index in [0.717, 1.165) is 0 Å². The number of amides is 1. The molecule has 3 aromatic rings. The van der Waals surface area contributed by atoms with Gasteiger partial charge < -0.3 is 15.6 Å². The maximum absolute atomic E-state index is 14.2. The van der Waals surface area contributed by atoms with Crippen molar-refractivity contribution in [2.75, 3.05) is 5.32 Å². The molecule has 1 amide bonds. The molecule has 3 N–H and O–H groups in total. The lowest BCUT2D eigenvalue weighted by Crippen LogP contribution is -2.44. The number of hydrogen-bond donors (Lipinski definition) is 2. The zero-order valence-electron chi connectivity index (χ0n) is 15.2. The van der Waals surface area contributed by atoms with Crippen molar-refractivity contribution in [1.29, 1.82) is 0 Å². The predicted octanol–water partition coefficient (Wildman–Crippen LogP) is 3.20. The number of carbonyl (C=O) groups excluding carboxylic acids is 1. The van der Waals surface area contributed by atoms with Gasteiger partial charge >= 0.3 is 0 Å². The molecule has 0 bridgehead atoms. The Kier molecular flexibility index (Phi) is 4.94. The second-order valence-electron chi connectivity index (χ2n) is 6.60. The highest BCUT2D eigenvalue weighted by atomic mass is 35.5. The summed E-state index contributed by atoms with van der Waals surface area (Å²) in [6.45, 7) is -0.179. The van der Waals surface area contributed by atoms with Crippen LogP contribution in [0.3, 0.4) is 0 Å². The van der Waals surface area contributed by atoms with E-state index in [4.69, 9.17) is 17.3 Å². The Labute approximate surface area is 173 Å². The van der Waals surface area contributed by atoms with Crippen LogP contribution in [-0.4, -0.2) is 32.7 Å². The van der Waals surface area contributed by atoms with Gasteiger partial charge in [0.15, 0.2) is 17.2 Å². The molecule has 154 valence electrons. The molecule has 2 aromatic heterocycles. The summed E-state index contributed by atoms with van der Waals surface area (Å²) in [5.74, 6) is -1.51. The van der Waals surface area contributed by atoms with Crippen molar-refractivity contribution in [3.8, 4) is 0 Å². The number of halogens is 4. The van der Waals surface area contributed by atoms with Crippen molar-refractivity contribution in [3.63, 3.8) is 0 Å². The molecular weight excluding hydrogens is 421 g/mol. The lowest BCUT2D eigenvalue weighted by molar-refractivity contribution is 0.0407. The largest absolute Gasteiger partial charge is 0.381 e. The van der Waals surface area contributed by atoms with Crippen LogP contribution in [0.4, 0.5) is 18.9 Å². The second kappa shape index (κ2) is 7.45. The van der Waals surface area contributed by atoms with Gasteiger partial charge in [-0.1, -0.05) is 23.7 Å². The molecule has 0 saturated carbocycles.